The Bertz CT molecular complexity index is 855. The molecule has 0 saturated heterocycles. The maximum atomic E-state index is 12.3. The van der Waals surface area contributed by atoms with E-state index in [0.717, 1.165) is 22.3 Å². The van der Waals surface area contributed by atoms with E-state index >= 15 is 0 Å². The van der Waals surface area contributed by atoms with E-state index in [1.165, 1.54) is 6.08 Å². The van der Waals surface area contributed by atoms with Crippen LogP contribution in [-0.2, 0) is 14.3 Å². The normalized spacial score (nSPS) is 14.3. The molecule has 0 saturated carbocycles. The summed E-state index contributed by atoms with van der Waals surface area (Å²) < 4.78 is 10.2. The lowest BCUT2D eigenvalue weighted by Gasteiger charge is -2.21. The molecule has 0 fully saturated rings. The molecule has 0 aliphatic heterocycles. The van der Waals surface area contributed by atoms with E-state index in [4.69, 9.17) is 9.47 Å². The van der Waals surface area contributed by atoms with E-state index in [1.807, 2.05) is 36.4 Å². The van der Waals surface area contributed by atoms with Crippen LogP contribution in [0, 0.1) is 0 Å². The minimum atomic E-state index is -1.55. The number of hydrogen-bond donors (Lipinski definition) is 3. The summed E-state index contributed by atoms with van der Waals surface area (Å²) in [5.41, 5.74) is 4.46. The summed E-state index contributed by atoms with van der Waals surface area (Å²) in [6.07, 6.45) is -0.895. The highest BCUT2D eigenvalue weighted by Crippen LogP contribution is 2.44. The number of alkyl carbamates (subject to hydrolysis) is 1. The number of benzene rings is 2. The number of rotatable bonds is 8. The molecule has 3 rings (SSSR count). The van der Waals surface area contributed by atoms with Crippen LogP contribution in [0.4, 0.5) is 4.79 Å². The predicted octanol–water partition coefficient (Wildman–Crippen LogP) is 2.91. The molecule has 1 aliphatic carbocycles. The number of hydrogen-bond acceptors (Lipinski definition) is 6. The molecule has 7 heteroatoms. The van der Waals surface area contributed by atoms with Crippen molar-refractivity contribution in [2.45, 2.75) is 18.1 Å². The monoisotopic (exact) mass is 413 g/mol. The number of ether oxygens (including phenoxy) is 2. The summed E-state index contributed by atoms with van der Waals surface area (Å²) in [4.78, 5) is 24.1. The number of esters is 1. The molecule has 2 N–H and O–H groups in total. The summed E-state index contributed by atoms with van der Waals surface area (Å²) in [6, 6.07) is 15.1. The average Bonchev–Trinajstić information content (AvgIpc) is 3.07. The lowest BCUT2D eigenvalue weighted by atomic mass is 9.98. The largest absolute Gasteiger partial charge is 0.459 e. The lowest BCUT2D eigenvalue weighted by molar-refractivity contribution is -0.153. The molecule has 2 atom stereocenters. The molecule has 6 nitrogen and oxygen atoms in total. The van der Waals surface area contributed by atoms with Gasteiger partial charge in [-0.15, -0.1) is 0 Å². The van der Waals surface area contributed by atoms with Crippen molar-refractivity contribution < 1.29 is 24.2 Å². The first-order valence-corrected chi connectivity index (χ1v) is 9.88. The standard InChI is InChI=1S/C22H23NO5S/c1-2-11-27-21(25)20(24)19(13-29)23-22(26)28-12-18-16-9-5-3-7-14(16)15-8-4-6-10-17(15)18/h2-10,18-20,24,29H,1,11-13H2,(H,23,26)/t19-,20+/m0/s1. The van der Waals surface area contributed by atoms with Crippen LogP contribution in [0.5, 0.6) is 0 Å². The maximum absolute atomic E-state index is 12.3. The van der Waals surface area contributed by atoms with Crippen LogP contribution in [-0.4, -0.2) is 48.3 Å². The molecule has 2 aromatic rings. The van der Waals surface area contributed by atoms with Crippen LogP contribution in [0.15, 0.2) is 61.2 Å². The highest BCUT2D eigenvalue weighted by molar-refractivity contribution is 7.80. The Hall–Kier alpha value is -2.77. The second-order valence-electron chi connectivity index (χ2n) is 6.62. The molecule has 0 spiro atoms. The van der Waals surface area contributed by atoms with E-state index < -0.39 is 24.2 Å². The zero-order valence-electron chi connectivity index (χ0n) is 15.8. The number of nitrogens with one attached hydrogen (secondary N) is 1. The quantitative estimate of drug-likeness (QED) is 0.352. The molecule has 0 heterocycles. The number of amides is 1. The van der Waals surface area contributed by atoms with Gasteiger partial charge in [0.1, 0.15) is 13.2 Å². The van der Waals surface area contributed by atoms with E-state index in [1.54, 1.807) is 0 Å². The van der Waals surface area contributed by atoms with E-state index in [9.17, 15) is 14.7 Å². The fraction of sp³-hybridized carbons (Fsp3) is 0.273. The zero-order valence-corrected chi connectivity index (χ0v) is 16.7. The van der Waals surface area contributed by atoms with Gasteiger partial charge in [-0.3, -0.25) is 0 Å². The van der Waals surface area contributed by atoms with Gasteiger partial charge in [0, 0.05) is 11.7 Å². The predicted molar refractivity (Wildman–Crippen MR) is 113 cm³/mol. The molecule has 1 amide bonds. The van der Waals surface area contributed by atoms with Crippen molar-refractivity contribution in [2.75, 3.05) is 19.0 Å². The SMILES string of the molecule is C=CCOC(=O)[C@H](O)[C@H](CS)NC(=O)OCC1c2ccccc2-c2ccccc21. The Balaban J connectivity index is 1.63. The van der Waals surface area contributed by atoms with Crippen molar-refractivity contribution in [3.8, 4) is 11.1 Å². The number of thiol groups is 1. The first-order chi connectivity index (χ1) is 14.1. The van der Waals surface area contributed by atoms with Crippen LogP contribution < -0.4 is 5.32 Å². The Morgan fingerprint density at radius 2 is 1.69 bits per heavy atom. The molecule has 152 valence electrons. The molecule has 0 unspecified atom stereocenters. The number of carbonyl (C=O) groups excluding carboxylic acids is 2. The van der Waals surface area contributed by atoms with Gasteiger partial charge in [-0.25, -0.2) is 9.59 Å². The summed E-state index contributed by atoms with van der Waals surface area (Å²) >= 11 is 4.09. The molecule has 2 aromatic carbocycles. The topological polar surface area (TPSA) is 84.9 Å². The van der Waals surface area contributed by atoms with Crippen LogP contribution >= 0.6 is 12.6 Å². The summed E-state index contributed by atoms with van der Waals surface area (Å²) in [6.45, 7) is 3.54. The van der Waals surface area contributed by atoms with Gasteiger partial charge in [0.15, 0.2) is 6.10 Å². The first kappa shape index (κ1) is 21.0. The smallest absolute Gasteiger partial charge is 0.407 e. The van der Waals surface area contributed by atoms with Crippen molar-refractivity contribution in [2.24, 2.45) is 0 Å². The average molecular weight is 413 g/mol. The number of aliphatic hydroxyl groups is 1. The van der Waals surface area contributed by atoms with Crippen molar-refractivity contribution in [1.29, 1.82) is 0 Å². The first-order valence-electron chi connectivity index (χ1n) is 9.24. The van der Waals surface area contributed by atoms with Gasteiger partial charge < -0.3 is 19.9 Å². The Kier molecular flexibility index (Phi) is 6.95. The molecular weight excluding hydrogens is 390 g/mol. The van der Waals surface area contributed by atoms with Crippen molar-refractivity contribution in [1.82, 2.24) is 5.32 Å². The second kappa shape index (κ2) is 9.62. The van der Waals surface area contributed by atoms with Crippen LogP contribution in [0.2, 0.25) is 0 Å². The zero-order chi connectivity index (χ0) is 20.8. The third-order valence-electron chi connectivity index (χ3n) is 4.81. The van der Waals surface area contributed by atoms with Crippen molar-refractivity contribution in [3.05, 3.63) is 72.3 Å². The lowest BCUT2D eigenvalue weighted by Crippen LogP contribution is -2.49. The fourth-order valence-corrected chi connectivity index (χ4v) is 3.70. The molecule has 1 aliphatic rings. The molecule has 0 radical (unpaired) electrons. The Morgan fingerprint density at radius 1 is 1.10 bits per heavy atom. The molecule has 0 aromatic heterocycles. The Morgan fingerprint density at radius 3 is 2.24 bits per heavy atom. The van der Waals surface area contributed by atoms with Gasteiger partial charge in [0.05, 0.1) is 6.04 Å². The third kappa shape index (κ3) is 4.63. The number of aliphatic hydroxyl groups excluding tert-OH is 1. The molecule has 29 heavy (non-hydrogen) atoms. The van der Waals surface area contributed by atoms with Crippen LogP contribution in [0.25, 0.3) is 11.1 Å². The van der Waals surface area contributed by atoms with Gasteiger partial charge in [0.2, 0.25) is 0 Å². The highest BCUT2D eigenvalue weighted by atomic mass is 32.1. The summed E-state index contributed by atoms with van der Waals surface area (Å²) in [5.74, 6) is -0.901. The van der Waals surface area contributed by atoms with Gasteiger partial charge in [-0.1, -0.05) is 61.2 Å². The van der Waals surface area contributed by atoms with Crippen molar-refractivity contribution in [3.63, 3.8) is 0 Å². The Labute approximate surface area is 174 Å². The van der Waals surface area contributed by atoms with E-state index in [-0.39, 0.29) is 24.9 Å². The second-order valence-corrected chi connectivity index (χ2v) is 6.99. The number of fused-ring (bicyclic) bond motifs is 3. The summed E-state index contributed by atoms with van der Waals surface area (Å²) in [5, 5.41) is 12.5. The van der Waals surface area contributed by atoms with E-state index in [2.05, 4.69) is 36.7 Å². The number of carbonyl (C=O) groups is 2. The fourth-order valence-electron chi connectivity index (χ4n) is 3.41. The minimum Gasteiger partial charge on any atom is -0.459 e. The molecule has 0 bridgehead atoms. The molecular formula is C22H23NO5S. The van der Waals surface area contributed by atoms with Gasteiger partial charge in [0.25, 0.3) is 0 Å². The minimum absolute atomic E-state index is 0.0276. The third-order valence-corrected chi connectivity index (χ3v) is 5.20. The van der Waals surface area contributed by atoms with Gasteiger partial charge in [-0.2, -0.15) is 12.6 Å². The van der Waals surface area contributed by atoms with Gasteiger partial charge in [-0.05, 0) is 22.3 Å². The van der Waals surface area contributed by atoms with Crippen LogP contribution in [0.3, 0.4) is 0 Å². The van der Waals surface area contributed by atoms with Crippen molar-refractivity contribution >= 4 is 24.7 Å². The highest BCUT2D eigenvalue weighted by Gasteiger charge is 2.31. The summed E-state index contributed by atoms with van der Waals surface area (Å²) in [7, 11) is 0. The van der Waals surface area contributed by atoms with E-state index in [0.29, 0.717) is 0 Å². The van der Waals surface area contributed by atoms with Crippen LogP contribution in [0.1, 0.15) is 17.0 Å². The maximum Gasteiger partial charge on any atom is 0.407 e. The van der Waals surface area contributed by atoms with Gasteiger partial charge >= 0.3 is 12.1 Å².